The third kappa shape index (κ3) is 7.20. The Bertz CT molecular complexity index is 2070. The van der Waals surface area contributed by atoms with Crippen molar-refractivity contribution >= 4 is 11.6 Å². The van der Waals surface area contributed by atoms with E-state index in [4.69, 9.17) is 4.74 Å². The number of hydrogen-bond donors (Lipinski definition) is 8. The lowest BCUT2D eigenvalue weighted by Crippen LogP contribution is -2.32. The van der Waals surface area contributed by atoms with E-state index in [0.717, 1.165) is 29.4 Å². The molecule has 0 fully saturated rings. The standard InChI is InChI=1S/C41H42O11/c1-6-30(45)26(8-7-19(2)3)39(49)21(5)40(50)36-28(22-13-23(42)15-24(43)14-22)11-20(4)12-29(36)37-31(46)10-9-27(41(37)51)34-18-33(48)38-32(47)16-25(44)17-35(38)52-34/h6-7,9-10,12-17,28-29,34,36,42-47,49,51H,1,8,11,18H2,2-5H3/b30-26+,39-21-. The normalized spacial score (nSPS) is 20.8. The van der Waals surface area contributed by atoms with E-state index >= 15 is 0 Å². The molecule has 0 spiro atoms. The molecular weight excluding hydrogens is 668 g/mol. The second kappa shape index (κ2) is 14.6. The van der Waals surface area contributed by atoms with Gasteiger partial charge in [-0.25, -0.2) is 0 Å². The van der Waals surface area contributed by atoms with Crippen LogP contribution in [0.1, 0.15) is 91.9 Å². The number of carbonyl (C=O) groups excluding carboxylic acids is 2. The Morgan fingerprint density at radius 1 is 0.904 bits per heavy atom. The summed E-state index contributed by atoms with van der Waals surface area (Å²) in [5.74, 6) is -7.24. The molecule has 0 amide bonds. The van der Waals surface area contributed by atoms with Gasteiger partial charge in [0.15, 0.2) is 11.6 Å². The summed E-state index contributed by atoms with van der Waals surface area (Å²) in [6.45, 7) is 10.5. The van der Waals surface area contributed by atoms with Gasteiger partial charge in [-0.3, -0.25) is 9.59 Å². The summed E-state index contributed by atoms with van der Waals surface area (Å²) in [7, 11) is 0. The molecule has 1 aliphatic carbocycles. The van der Waals surface area contributed by atoms with Gasteiger partial charge in [0.25, 0.3) is 0 Å². The Hall–Kier alpha value is -6.10. The zero-order valence-electron chi connectivity index (χ0n) is 29.2. The fourth-order valence-electron chi connectivity index (χ4n) is 7.11. The van der Waals surface area contributed by atoms with Gasteiger partial charge >= 0.3 is 0 Å². The molecule has 4 unspecified atom stereocenters. The third-order valence-electron chi connectivity index (χ3n) is 9.60. The molecule has 3 aromatic carbocycles. The van der Waals surface area contributed by atoms with Crippen LogP contribution in [-0.4, -0.2) is 52.4 Å². The molecule has 8 N–H and O–H groups in total. The van der Waals surface area contributed by atoms with Gasteiger partial charge in [-0.2, -0.15) is 0 Å². The molecule has 2 aliphatic rings. The van der Waals surface area contributed by atoms with Crippen LogP contribution in [-0.2, 0) is 4.79 Å². The molecule has 11 heteroatoms. The minimum Gasteiger partial charge on any atom is -0.508 e. The first-order chi connectivity index (χ1) is 24.5. The first-order valence-electron chi connectivity index (χ1n) is 16.6. The van der Waals surface area contributed by atoms with Crippen LogP contribution < -0.4 is 4.74 Å². The van der Waals surface area contributed by atoms with Gasteiger partial charge in [0.2, 0.25) is 0 Å². The van der Waals surface area contributed by atoms with E-state index in [9.17, 15) is 50.4 Å². The van der Waals surface area contributed by atoms with E-state index in [-0.39, 0.29) is 81.6 Å². The number of ether oxygens (including phenoxy) is 1. The minimum atomic E-state index is -1.17. The van der Waals surface area contributed by atoms with Crippen LogP contribution in [0, 0.1) is 5.92 Å². The monoisotopic (exact) mass is 710 g/mol. The molecule has 0 saturated carbocycles. The predicted octanol–water partition coefficient (Wildman–Crippen LogP) is 8.22. The molecule has 1 heterocycles. The lowest BCUT2D eigenvalue weighted by Gasteiger charge is -2.38. The van der Waals surface area contributed by atoms with Crippen LogP contribution in [0.2, 0.25) is 0 Å². The number of hydrogen-bond acceptors (Lipinski definition) is 11. The van der Waals surface area contributed by atoms with Crippen LogP contribution in [0.3, 0.4) is 0 Å². The number of fused-ring (bicyclic) bond motifs is 1. The zero-order valence-corrected chi connectivity index (χ0v) is 29.2. The van der Waals surface area contributed by atoms with Gasteiger partial charge in [-0.05, 0) is 82.4 Å². The summed E-state index contributed by atoms with van der Waals surface area (Å²) in [5.41, 5.74) is 1.83. The molecule has 0 radical (unpaired) electrons. The summed E-state index contributed by atoms with van der Waals surface area (Å²) in [6, 6.07) is 8.80. The van der Waals surface area contributed by atoms with Crippen LogP contribution in [0.15, 0.2) is 101 Å². The number of ketones is 2. The largest absolute Gasteiger partial charge is 0.508 e. The van der Waals surface area contributed by atoms with Gasteiger partial charge in [0.1, 0.15) is 63.4 Å². The van der Waals surface area contributed by atoms with Crippen molar-refractivity contribution in [2.45, 2.75) is 64.9 Å². The first-order valence-corrected chi connectivity index (χ1v) is 16.6. The average Bonchev–Trinajstić information content (AvgIpc) is 3.06. The quantitative estimate of drug-likeness (QED) is 0.0460. The summed E-state index contributed by atoms with van der Waals surface area (Å²) in [5, 5.41) is 86.7. The summed E-state index contributed by atoms with van der Waals surface area (Å²) >= 11 is 0. The van der Waals surface area contributed by atoms with Crippen molar-refractivity contribution in [3.05, 3.63) is 123 Å². The number of aliphatic hydroxyl groups is 2. The van der Waals surface area contributed by atoms with Gasteiger partial charge < -0.3 is 45.6 Å². The van der Waals surface area contributed by atoms with E-state index in [1.807, 2.05) is 13.8 Å². The SMILES string of the molecule is C=C/C(O)=C(CC=C(C)C)\C(O)=C(/C)C(=O)C1C(c2c(O)ccc(C3CC(=O)c4c(O)cc(O)cc4O3)c2O)C=C(C)CC1c1cc(O)cc(O)c1. The van der Waals surface area contributed by atoms with E-state index in [0.29, 0.717) is 5.56 Å². The highest BCUT2D eigenvalue weighted by molar-refractivity contribution is 6.03. The molecular formula is C41H42O11. The maximum atomic E-state index is 14.8. The second-order valence-corrected chi connectivity index (χ2v) is 13.6. The molecule has 4 atom stereocenters. The van der Waals surface area contributed by atoms with E-state index < -0.39 is 52.7 Å². The topological polar surface area (TPSA) is 205 Å². The van der Waals surface area contributed by atoms with Gasteiger partial charge in [0, 0.05) is 52.3 Å². The molecule has 3 aromatic rings. The molecule has 5 rings (SSSR count). The van der Waals surface area contributed by atoms with Crippen LogP contribution in [0.4, 0.5) is 0 Å². The van der Waals surface area contributed by atoms with Crippen molar-refractivity contribution in [2.75, 3.05) is 0 Å². The maximum absolute atomic E-state index is 14.8. The Morgan fingerprint density at radius 2 is 1.56 bits per heavy atom. The van der Waals surface area contributed by atoms with Crippen molar-refractivity contribution in [1.82, 2.24) is 0 Å². The van der Waals surface area contributed by atoms with Gasteiger partial charge in [0.05, 0.1) is 6.42 Å². The first kappa shape index (κ1) is 37.2. The molecule has 52 heavy (non-hydrogen) atoms. The third-order valence-corrected chi connectivity index (χ3v) is 9.60. The van der Waals surface area contributed by atoms with Crippen molar-refractivity contribution in [2.24, 2.45) is 5.92 Å². The number of phenolic OH excluding ortho intramolecular Hbond substituents is 6. The summed E-state index contributed by atoms with van der Waals surface area (Å²) in [4.78, 5) is 27.9. The number of Topliss-reactive ketones (excluding diaryl/α,β-unsaturated/α-hetero) is 2. The van der Waals surface area contributed by atoms with Crippen molar-refractivity contribution < 1.29 is 55.2 Å². The highest BCUT2D eigenvalue weighted by Crippen LogP contribution is 2.53. The molecule has 272 valence electrons. The molecule has 1 aliphatic heterocycles. The Morgan fingerprint density at radius 3 is 2.19 bits per heavy atom. The molecule has 0 aromatic heterocycles. The maximum Gasteiger partial charge on any atom is 0.174 e. The molecule has 0 saturated heterocycles. The van der Waals surface area contributed by atoms with Crippen LogP contribution in [0.5, 0.6) is 40.2 Å². The lowest BCUT2D eigenvalue weighted by molar-refractivity contribution is -0.120. The van der Waals surface area contributed by atoms with Crippen LogP contribution >= 0.6 is 0 Å². The zero-order chi connectivity index (χ0) is 38.2. The number of benzene rings is 3. The summed E-state index contributed by atoms with van der Waals surface area (Å²) < 4.78 is 5.99. The van der Waals surface area contributed by atoms with Gasteiger partial charge in [-0.15, -0.1) is 0 Å². The Balaban J connectivity index is 1.70. The molecule has 0 bridgehead atoms. The fourth-order valence-corrected chi connectivity index (χ4v) is 7.11. The number of phenols is 6. The second-order valence-electron chi connectivity index (χ2n) is 13.6. The number of aliphatic hydroxyl groups excluding tert-OH is 2. The Kier molecular flexibility index (Phi) is 10.5. The summed E-state index contributed by atoms with van der Waals surface area (Å²) in [6.07, 6.45) is 3.54. The van der Waals surface area contributed by atoms with E-state index in [2.05, 4.69) is 6.58 Å². The van der Waals surface area contributed by atoms with Crippen molar-refractivity contribution in [3.8, 4) is 40.2 Å². The number of rotatable bonds is 9. The lowest BCUT2D eigenvalue weighted by atomic mass is 9.65. The van der Waals surface area contributed by atoms with Crippen molar-refractivity contribution in [3.63, 3.8) is 0 Å². The highest BCUT2D eigenvalue weighted by atomic mass is 16.5. The Labute approximate surface area is 300 Å². The highest BCUT2D eigenvalue weighted by Gasteiger charge is 2.43. The van der Waals surface area contributed by atoms with Crippen LogP contribution in [0.25, 0.3) is 0 Å². The predicted molar refractivity (Wildman–Crippen MR) is 193 cm³/mol. The number of aromatic hydroxyl groups is 6. The average molecular weight is 711 g/mol. The smallest absolute Gasteiger partial charge is 0.174 e. The number of carbonyl (C=O) groups is 2. The van der Waals surface area contributed by atoms with E-state index in [1.165, 1.54) is 37.3 Å². The fraction of sp³-hybridized carbons (Fsp3) is 0.268. The minimum absolute atomic E-state index is 0.0526. The van der Waals surface area contributed by atoms with E-state index in [1.54, 1.807) is 19.1 Å². The van der Waals surface area contributed by atoms with Gasteiger partial charge in [-0.1, -0.05) is 29.9 Å². The molecule has 11 nitrogen and oxygen atoms in total. The number of allylic oxidation sites excluding steroid dienone is 7. The van der Waals surface area contributed by atoms with Crippen molar-refractivity contribution in [1.29, 1.82) is 0 Å².